The Kier molecular flexibility index (Phi) is 6.68. The van der Waals surface area contributed by atoms with Crippen molar-refractivity contribution in [3.63, 3.8) is 0 Å². The van der Waals surface area contributed by atoms with Crippen LogP contribution in [0.5, 0.6) is 17.2 Å². The summed E-state index contributed by atoms with van der Waals surface area (Å²) in [7, 11) is 1.57. The lowest BCUT2D eigenvalue weighted by molar-refractivity contribution is 0.102. The van der Waals surface area contributed by atoms with E-state index in [2.05, 4.69) is 10.3 Å². The van der Waals surface area contributed by atoms with E-state index in [9.17, 15) is 4.79 Å². The highest BCUT2D eigenvalue weighted by Crippen LogP contribution is 2.31. The Labute approximate surface area is 170 Å². The third-order valence-electron chi connectivity index (χ3n) is 4.03. The number of carbonyl (C=O) groups excluding carboxylic acids is 1. The third-order valence-corrected chi connectivity index (χ3v) is 4.03. The minimum absolute atomic E-state index is 0.0825. The van der Waals surface area contributed by atoms with Gasteiger partial charge in [-0.05, 0) is 56.3 Å². The lowest BCUT2D eigenvalue weighted by Gasteiger charge is -2.13. The third kappa shape index (κ3) is 5.72. The monoisotopic (exact) mass is 392 g/mol. The Morgan fingerprint density at radius 1 is 1.07 bits per heavy atom. The second-order valence-corrected chi connectivity index (χ2v) is 6.66. The summed E-state index contributed by atoms with van der Waals surface area (Å²) in [6, 6.07) is 16.1. The van der Waals surface area contributed by atoms with Crippen LogP contribution in [0.1, 0.15) is 29.8 Å². The molecule has 3 rings (SSSR count). The highest BCUT2D eigenvalue weighted by molar-refractivity contribution is 6.04. The van der Waals surface area contributed by atoms with Gasteiger partial charge >= 0.3 is 0 Å². The molecule has 1 aromatic heterocycles. The van der Waals surface area contributed by atoms with Gasteiger partial charge in [-0.2, -0.15) is 0 Å². The number of anilines is 1. The van der Waals surface area contributed by atoms with E-state index in [0.29, 0.717) is 29.4 Å². The van der Waals surface area contributed by atoms with Crippen molar-refractivity contribution in [2.24, 2.45) is 0 Å². The molecule has 1 N–H and O–H groups in total. The molecule has 0 aliphatic carbocycles. The number of pyridine rings is 1. The average molecular weight is 392 g/mol. The molecule has 0 spiro atoms. The van der Waals surface area contributed by atoms with E-state index >= 15 is 0 Å². The normalized spacial score (nSPS) is 10.5. The summed E-state index contributed by atoms with van der Waals surface area (Å²) < 4.78 is 16.8. The molecule has 0 aliphatic heterocycles. The van der Waals surface area contributed by atoms with Gasteiger partial charge in [0, 0.05) is 35.3 Å². The van der Waals surface area contributed by atoms with Gasteiger partial charge in [-0.25, -0.2) is 0 Å². The smallest absolute Gasteiger partial charge is 0.255 e. The van der Waals surface area contributed by atoms with Crippen LogP contribution in [0.2, 0.25) is 0 Å². The first-order valence-corrected chi connectivity index (χ1v) is 9.33. The Balaban J connectivity index is 1.69. The number of methoxy groups -OCH3 is 1. The van der Waals surface area contributed by atoms with Crippen LogP contribution in [0.3, 0.4) is 0 Å². The zero-order valence-electron chi connectivity index (χ0n) is 16.7. The number of hydrogen-bond acceptors (Lipinski definition) is 5. The van der Waals surface area contributed by atoms with Gasteiger partial charge in [-0.15, -0.1) is 0 Å². The van der Waals surface area contributed by atoms with Crippen LogP contribution >= 0.6 is 0 Å². The number of nitrogens with one attached hydrogen (secondary N) is 1. The maximum absolute atomic E-state index is 12.6. The predicted molar refractivity (Wildman–Crippen MR) is 112 cm³/mol. The number of amides is 1. The van der Waals surface area contributed by atoms with Crippen molar-refractivity contribution in [1.29, 1.82) is 0 Å². The van der Waals surface area contributed by atoms with Crippen molar-refractivity contribution in [2.75, 3.05) is 12.4 Å². The number of ether oxygens (including phenoxy) is 3. The second-order valence-electron chi connectivity index (χ2n) is 6.66. The molecular formula is C23H24N2O4. The molecular weight excluding hydrogens is 368 g/mol. The summed E-state index contributed by atoms with van der Waals surface area (Å²) in [5, 5.41) is 2.88. The van der Waals surface area contributed by atoms with E-state index < -0.39 is 0 Å². The molecule has 1 heterocycles. The molecule has 6 nitrogen and oxygen atoms in total. The van der Waals surface area contributed by atoms with E-state index in [1.54, 1.807) is 62.0 Å². The summed E-state index contributed by atoms with van der Waals surface area (Å²) in [4.78, 5) is 16.6. The summed E-state index contributed by atoms with van der Waals surface area (Å²) in [6.45, 7) is 4.26. The number of nitrogens with zero attached hydrogens (tertiary/aromatic N) is 1. The summed E-state index contributed by atoms with van der Waals surface area (Å²) >= 11 is 0. The number of carbonyl (C=O) groups is 1. The van der Waals surface area contributed by atoms with Gasteiger partial charge in [0.05, 0.1) is 13.2 Å². The standard InChI is InChI=1S/C23H24N2O4/c1-16(2)29-20-9-6-18(7-10-20)23(26)25-19-8-11-21(27-3)22(13-19)28-15-17-5-4-12-24-14-17/h4-14,16H,15H2,1-3H3,(H,25,26). The minimum atomic E-state index is -0.218. The Morgan fingerprint density at radius 3 is 2.52 bits per heavy atom. The lowest BCUT2D eigenvalue weighted by atomic mass is 10.2. The molecule has 3 aromatic rings. The molecule has 0 fully saturated rings. The molecule has 2 aromatic carbocycles. The number of hydrogen-bond donors (Lipinski definition) is 1. The van der Waals surface area contributed by atoms with E-state index in [1.165, 1.54) is 0 Å². The van der Waals surface area contributed by atoms with Gasteiger partial charge in [0.2, 0.25) is 0 Å². The van der Waals surface area contributed by atoms with Gasteiger partial charge < -0.3 is 19.5 Å². The average Bonchev–Trinajstić information content (AvgIpc) is 2.73. The lowest BCUT2D eigenvalue weighted by Crippen LogP contribution is -2.12. The summed E-state index contributed by atoms with van der Waals surface area (Å²) in [5.74, 6) is 1.63. The molecule has 29 heavy (non-hydrogen) atoms. The SMILES string of the molecule is COc1ccc(NC(=O)c2ccc(OC(C)C)cc2)cc1OCc1cccnc1. The Morgan fingerprint density at radius 2 is 1.86 bits per heavy atom. The topological polar surface area (TPSA) is 69.7 Å². The summed E-state index contributed by atoms with van der Waals surface area (Å²) in [6.07, 6.45) is 3.53. The van der Waals surface area contributed by atoms with Crippen LogP contribution in [0.15, 0.2) is 67.0 Å². The van der Waals surface area contributed by atoms with Gasteiger partial charge in [0.15, 0.2) is 11.5 Å². The van der Waals surface area contributed by atoms with Gasteiger partial charge in [-0.3, -0.25) is 9.78 Å². The van der Waals surface area contributed by atoms with Crippen LogP contribution in [0.25, 0.3) is 0 Å². The van der Waals surface area contributed by atoms with Crippen LogP contribution < -0.4 is 19.5 Å². The minimum Gasteiger partial charge on any atom is -0.493 e. The first kappa shape index (κ1) is 20.2. The molecule has 0 atom stereocenters. The van der Waals surface area contributed by atoms with Crippen molar-refractivity contribution in [2.45, 2.75) is 26.6 Å². The first-order valence-electron chi connectivity index (χ1n) is 9.33. The van der Waals surface area contributed by atoms with Crippen molar-refractivity contribution < 1.29 is 19.0 Å². The Bertz CT molecular complexity index is 941. The molecule has 6 heteroatoms. The van der Waals surface area contributed by atoms with Crippen LogP contribution in [-0.4, -0.2) is 24.1 Å². The zero-order valence-corrected chi connectivity index (χ0v) is 16.7. The fourth-order valence-corrected chi connectivity index (χ4v) is 2.67. The zero-order chi connectivity index (χ0) is 20.6. The summed E-state index contributed by atoms with van der Waals surface area (Å²) in [5.41, 5.74) is 2.09. The molecule has 1 amide bonds. The molecule has 150 valence electrons. The molecule has 0 aliphatic rings. The maximum atomic E-state index is 12.6. The van der Waals surface area contributed by atoms with Crippen LogP contribution in [0, 0.1) is 0 Å². The fraction of sp³-hybridized carbons (Fsp3) is 0.217. The van der Waals surface area contributed by atoms with Gasteiger partial charge in [0.1, 0.15) is 12.4 Å². The maximum Gasteiger partial charge on any atom is 0.255 e. The number of rotatable bonds is 8. The predicted octanol–water partition coefficient (Wildman–Crippen LogP) is 4.71. The van der Waals surface area contributed by atoms with Crippen molar-refractivity contribution in [1.82, 2.24) is 4.98 Å². The highest BCUT2D eigenvalue weighted by atomic mass is 16.5. The van der Waals surface area contributed by atoms with Crippen LogP contribution in [-0.2, 0) is 6.61 Å². The molecule has 0 bridgehead atoms. The Hall–Kier alpha value is -3.54. The largest absolute Gasteiger partial charge is 0.493 e. The van der Waals surface area contributed by atoms with Gasteiger partial charge in [-0.1, -0.05) is 6.07 Å². The van der Waals surface area contributed by atoms with Gasteiger partial charge in [0.25, 0.3) is 5.91 Å². The van der Waals surface area contributed by atoms with Crippen LogP contribution in [0.4, 0.5) is 5.69 Å². The molecule has 0 radical (unpaired) electrons. The van der Waals surface area contributed by atoms with E-state index in [-0.39, 0.29) is 12.0 Å². The van der Waals surface area contributed by atoms with Crippen molar-refractivity contribution in [3.05, 3.63) is 78.1 Å². The number of benzene rings is 2. The first-order chi connectivity index (χ1) is 14.0. The second kappa shape index (κ2) is 9.59. The molecule has 0 saturated heterocycles. The number of aromatic nitrogens is 1. The van der Waals surface area contributed by atoms with E-state index in [1.807, 2.05) is 26.0 Å². The molecule has 0 saturated carbocycles. The van der Waals surface area contributed by atoms with E-state index in [4.69, 9.17) is 14.2 Å². The highest BCUT2D eigenvalue weighted by Gasteiger charge is 2.11. The van der Waals surface area contributed by atoms with E-state index in [0.717, 1.165) is 11.3 Å². The van der Waals surface area contributed by atoms with Crippen molar-refractivity contribution in [3.8, 4) is 17.2 Å². The quantitative estimate of drug-likeness (QED) is 0.601. The van der Waals surface area contributed by atoms with Crippen molar-refractivity contribution >= 4 is 11.6 Å². The molecule has 0 unspecified atom stereocenters. The fourth-order valence-electron chi connectivity index (χ4n) is 2.67.